The monoisotopic (exact) mass is 302 g/mol. The predicted molar refractivity (Wildman–Crippen MR) is 90.3 cm³/mol. The molecule has 0 aliphatic heterocycles. The maximum absolute atomic E-state index is 11.0. The zero-order valence-corrected chi connectivity index (χ0v) is 12.5. The lowest BCUT2D eigenvalue weighted by Crippen LogP contribution is -2.05. The lowest BCUT2D eigenvalue weighted by molar-refractivity contribution is -0.114. The summed E-state index contributed by atoms with van der Waals surface area (Å²) in [6, 6.07) is 17.1. The van der Waals surface area contributed by atoms with Crippen LogP contribution >= 0.6 is 0 Å². The number of carbonyl (C=O) groups is 1. The van der Waals surface area contributed by atoms with Gasteiger partial charge in [-0.2, -0.15) is 5.26 Å². The molecule has 1 heterocycles. The van der Waals surface area contributed by atoms with Gasteiger partial charge < -0.3 is 10.3 Å². The predicted octanol–water partition coefficient (Wildman–Crippen LogP) is 3.59. The van der Waals surface area contributed by atoms with Crippen molar-refractivity contribution in [3.63, 3.8) is 0 Å². The van der Waals surface area contributed by atoms with Gasteiger partial charge in [-0.25, -0.2) is 4.98 Å². The van der Waals surface area contributed by atoms with E-state index in [-0.39, 0.29) is 5.91 Å². The molecule has 2 N–H and O–H groups in total. The van der Waals surface area contributed by atoms with Crippen LogP contribution in [-0.2, 0) is 4.79 Å². The molecule has 1 aromatic heterocycles. The molecule has 0 radical (unpaired) electrons. The molecule has 0 atom stereocenters. The molecule has 0 fully saturated rings. The van der Waals surface area contributed by atoms with Crippen LogP contribution < -0.4 is 5.32 Å². The second-order valence-electron chi connectivity index (χ2n) is 5.08. The summed E-state index contributed by atoms with van der Waals surface area (Å²) in [4.78, 5) is 18.6. The van der Waals surface area contributed by atoms with Gasteiger partial charge in [0.15, 0.2) is 0 Å². The zero-order chi connectivity index (χ0) is 16.2. The second-order valence-corrected chi connectivity index (χ2v) is 5.08. The van der Waals surface area contributed by atoms with Gasteiger partial charge in [0.25, 0.3) is 0 Å². The molecule has 0 spiro atoms. The highest BCUT2D eigenvalue weighted by Gasteiger charge is 2.07. The first-order valence-electron chi connectivity index (χ1n) is 7.10. The molecule has 3 rings (SSSR count). The number of amides is 1. The average molecular weight is 302 g/mol. The maximum Gasteiger partial charge on any atom is 0.221 e. The highest BCUT2D eigenvalue weighted by atomic mass is 16.1. The minimum atomic E-state index is -0.117. The van der Waals surface area contributed by atoms with E-state index >= 15 is 0 Å². The van der Waals surface area contributed by atoms with Crippen LogP contribution in [0.5, 0.6) is 0 Å². The van der Waals surface area contributed by atoms with Crippen LogP contribution in [0.4, 0.5) is 5.69 Å². The van der Waals surface area contributed by atoms with Gasteiger partial charge >= 0.3 is 0 Å². The Kier molecular flexibility index (Phi) is 3.89. The van der Waals surface area contributed by atoms with Gasteiger partial charge in [0.1, 0.15) is 11.9 Å². The minimum Gasteiger partial charge on any atom is -0.337 e. The van der Waals surface area contributed by atoms with Gasteiger partial charge in [-0.05, 0) is 35.9 Å². The molecule has 5 heteroatoms. The number of nitrogens with zero attached hydrogens (tertiary/aromatic N) is 2. The van der Waals surface area contributed by atoms with Crippen molar-refractivity contribution in [3.8, 4) is 6.07 Å². The number of para-hydroxylation sites is 2. The number of anilines is 1. The van der Waals surface area contributed by atoms with Crippen molar-refractivity contribution in [3.05, 3.63) is 59.9 Å². The first-order valence-corrected chi connectivity index (χ1v) is 7.10. The van der Waals surface area contributed by atoms with Gasteiger partial charge in [0, 0.05) is 12.6 Å². The van der Waals surface area contributed by atoms with E-state index in [2.05, 4.69) is 21.4 Å². The van der Waals surface area contributed by atoms with Crippen LogP contribution in [0.1, 0.15) is 18.3 Å². The summed E-state index contributed by atoms with van der Waals surface area (Å²) in [5, 5.41) is 12.1. The molecule has 5 nitrogen and oxygen atoms in total. The van der Waals surface area contributed by atoms with Gasteiger partial charge in [-0.1, -0.05) is 24.3 Å². The third kappa shape index (κ3) is 3.27. The summed E-state index contributed by atoms with van der Waals surface area (Å²) in [7, 11) is 0. The number of nitriles is 1. The third-order valence-corrected chi connectivity index (χ3v) is 3.31. The molecule has 0 aliphatic rings. The number of rotatable bonds is 3. The summed E-state index contributed by atoms with van der Waals surface area (Å²) < 4.78 is 0. The molecule has 1 amide bonds. The number of fused-ring (bicyclic) bond motifs is 1. The van der Waals surface area contributed by atoms with E-state index in [0.29, 0.717) is 11.4 Å². The smallest absolute Gasteiger partial charge is 0.221 e. The number of aromatic nitrogens is 2. The van der Waals surface area contributed by atoms with Crippen molar-refractivity contribution in [1.29, 1.82) is 5.26 Å². The van der Waals surface area contributed by atoms with Crippen molar-refractivity contribution < 1.29 is 4.79 Å². The summed E-state index contributed by atoms with van der Waals surface area (Å²) in [6.07, 6.45) is 1.76. The minimum absolute atomic E-state index is 0.117. The zero-order valence-electron chi connectivity index (χ0n) is 12.5. The van der Waals surface area contributed by atoms with Gasteiger partial charge in [0.05, 0.1) is 16.6 Å². The van der Waals surface area contributed by atoms with E-state index < -0.39 is 0 Å². The first-order chi connectivity index (χ1) is 11.2. The number of H-pyrrole nitrogens is 1. The average Bonchev–Trinajstić information content (AvgIpc) is 2.97. The van der Waals surface area contributed by atoms with E-state index in [1.807, 2.05) is 36.4 Å². The van der Waals surface area contributed by atoms with E-state index in [1.54, 1.807) is 18.2 Å². The molecule has 112 valence electrons. The topological polar surface area (TPSA) is 81.6 Å². The Hall–Kier alpha value is -3.39. The molecular formula is C18H14N4O. The summed E-state index contributed by atoms with van der Waals surface area (Å²) in [6.45, 7) is 1.46. The van der Waals surface area contributed by atoms with Crippen molar-refractivity contribution in [2.24, 2.45) is 0 Å². The number of aromatic amines is 1. The van der Waals surface area contributed by atoms with Crippen molar-refractivity contribution in [1.82, 2.24) is 9.97 Å². The summed E-state index contributed by atoms with van der Waals surface area (Å²) in [5.41, 5.74) is 3.75. The van der Waals surface area contributed by atoms with Crippen LogP contribution in [0.2, 0.25) is 0 Å². The number of nitrogens with one attached hydrogen (secondary N) is 2. The Balaban J connectivity index is 1.92. The molecule has 0 bridgehead atoms. The Morgan fingerprint density at radius 3 is 2.61 bits per heavy atom. The third-order valence-electron chi connectivity index (χ3n) is 3.31. The molecule has 23 heavy (non-hydrogen) atoms. The van der Waals surface area contributed by atoms with Crippen LogP contribution in [0.25, 0.3) is 22.7 Å². The molecule has 2 aromatic carbocycles. The SMILES string of the molecule is CC(=O)Nc1ccc(/C=C(/C#N)c2nc3ccccc3[nH]2)cc1. The molecule has 0 aliphatic carbocycles. The van der Waals surface area contributed by atoms with Gasteiger partial charge in [-0.15, -0.1) is 0 Å². The van der Waals surface area contributed by atoms with Gasteiger partial charge in [0.2, 0.25) is 5.91 Å². The second kappa shape index (κ2) is 6.16. The van der Waals surface area contributed by atoms with E-state index in [9.17, 15) is 10.1 Å². The summed E-state index contributed by atoms with van der Waals surface area (Å²) >= 11 is 0. The highest BCUT2D eigenvalue weighted by molar-refractivity contribution is 5.91. The maximum atomic E-state index is 11.0. The van der Waals surface area contributed by atoms with Crippen molar-refractivity contribution >= 4 is 34.3 Å². The number of imidazole rings is 1. The number of hydrogen-bond donors (Lipinski definition) is 2. The van der Waals surface area contributed by atoms with Crippen LogP contribution in [0, 0.1) is 11.3 Å². The fourth-order valence-corrected chi connectivity index (χ4v) is 2.27. The Bertz CT molecular complexity index is 897. The molecule has 3 aromatic rings. The molecular weight excluding hydrogens is 288 g/mol. The van der Waals surface area contributed by atoms with Crippen LogP contribution in [0.3, 0.4) is 0 Å². The Morgan fingerprint density at radius 1 is 1.22 bits per heavy atom. The molecule has 0 saturated carbocycles. The fourth-order valence-electron chi connectivity index (χ4n) is 2.27. The molecule has 0 unspecified atom stereocenters. The number of benzene rings is 2. The lowest BCUT2D eigenvalue weighted by atomic mass is 10.1. The van der Waals surface area contributed by atoms with Crippen molar-refractivity contribution in [2.45, 2.75) is 6.92 Å². The Morgan fingerprint density at radius 2 is 1.96 bits per heavy atom. The normalized spacial score (nSPS) is 11.2. The number of carbonyl (C=O) groups excluding carboxylic acids is 1. The fraction of sp³-hybridized carbons (Fsp3) is 0.0556. The lowest BCUT2D eigenvalue weighted by Gasteiger charge is -2.02. The largest absolute Gasteiger partial charge is 0.337 e. The van der Waals surface area contributed by atoms with Crippen LogP contribution in [0.15, 0.2) is 48.5 Å². The molecule has 0 saturated heterocycles. The van der Waals surface area contributed by atoms with E-state index in [0.717, 1.165) is 22.3 Å². The standard InChI is InChI=1S/C18H14N4O/c1-12(23)20-15-8-6-13(7-9-15)10-14(11-19)18-21-16-4-2-3-5-17(16)22-18/h2-10H,1H3,(H,20,23)(H,21,22)/b14-10-. The highest BCUT2D eigenvalue weighted by Crippen LogP contribution is 2.20. The van der Waals surface area contributed by atoms with Crippen LogP contribution in [-0.4, -0.2) is 15.9 Å². The quantitative estimate of drug-likeness (QED) is 0.725. The first kappa shape index (κ1) is 14.5. The van der Waals surface area contributed by atoms with Crippen molar-refractivity contribution in [2.75, 3.05) is 5.32 Å². The number of allylic oxidation sites excluding steroid dienone is 1. The Labute approximate surface area is 133 Å². The van der Waals surface area contributed by atoms with Gasteiger partial charge in [-0.3, -0.25) is 4.79 Å². The number of hydrogen-bond acceptors (Lipinski definition) is 3. The van der Waals surface area contributed by atoms with E-state index in [4.69, 9.17) is 0 Å². The van der Waals surface area contributed by atoms with E-state index in [1.165, 1.54) is 6.92 Å². The summed E-state index contributed by atoms with van der Waals surface area (Å²) in [5.74, 6) is 0.424.